The van der Waals surface area contributed by atoms with Crippen molar-refractivity contribution in [2.75, 3.05) is 0 Å². The maximum Gasteiger partial charge on any atom is 0.115 e. The molecular formula is C15H24O. The lowest BCUT2D eigenvalue weighted by Gasteiger charge is -2.07. The van der Waals surface area contributed by atoms with E-state index in [9.17, 15) is 5.11 Å². The Bertz CT molecular complexity index is 293. The van der Waals surface area contributed by atoms with Gasteiger partial charge in [0.2, 0.25) is 0 Å². The number of unbranched alkanes of at least 4 members (excludes halogenated alkanes) is 2. The van der Waals surface area contributed by atoms with E-state index in [4.69, 9.17) is 0 Å². The first-order valence-corrected chi connectivity index (χ1v) is 6.50. The summed E-state index contributed by atoms with van der Waals surface area (Å²) in [4.78, 5) is 0. The van der Waals surface area contributed by atoms with Gasteiger partial charge in [0.1, 0.15) is 5.75 Å². The van der Waals surface area contributed by atoms with Crippen molar-refractivity contribution in [1.29, 1.82) is 0 Å². The second-order valence-electron chi connectivity index (χ2n) is 4.78. The zero-order chi connectivity index (χ0) is 11.8. The van der Waals surface area contributed by atoms with Gasteiger partial charge in [-0.1, -0.05) is 51.7 Å². The van der Waals surface area contributed by atoms with Crippen molar-refractivity contribution in [3.05, 3.63) is 29.8 Å². The standard InChI is InChI=1S/C15H24O/c1-3-13(2)8-5-4-6-9-14-10-7-11-15(16)12-14/h7,10-13,16H,3-6,8-9H2,1-2H3. The molecule has 90 valence electrons. The Morgan fingerprint density at radius 3 is 2.69 bits per heavy atom. The summed E-state index contributed by atoms with van der Waals surface area (Å²) in [6, 6.07) is 7.61. The van der Waals surface area contributed by atoms with Gasteiger partial charge in [-0.2, -0.15) is 0 Å². The molecule has 0 saturated carbocycles. The Morgan fingerprint density at radius 2 is 2.00 bits per heavy atom. The third-order valence-corrected chi connectivity index (χ3v) is 3.27. The van der Waals surface area contributed by atoms with Crippen molar-refractivity contribution in [3.8, 4) is 5.75 Å². The Labute approximate surface area is 99.5 Å². The molecular weight excluding hydrogens is 196 g/mol. The van der Waals surface area contributed by atoms with Gasteiger partial charge in [-0.15, -0.1) is 0 Å². The van der Waals surface area contributed by atoms with Gasteiger partial charge in [0, 0.05) is 0 Å². The molecule has 0 heterocycles. The van der Waals surface area contributed by atoms with Gasteiger partial charge in [-0.25, -0.2) is 0 Å². The quantitative estimate of drug-likeness (QED) is 0.669. The van der Waals surface area contributed by atoms with Crippen molar-refractivity contribution >= 4 is 0 Å². The molecule has 0 aliphatic carbocycles. The highest BCUT2D eigenvalue weighted by molar-refractivity contribution is 5.27. The average Bonchev–Trinajstić information content (AvgIpc) is 2.28. The van der Waals surface area contributed by atoms with Gasteiger partial charge in [0.15, 0.2) is 0 Å². The Kier molecular flexibility index (Phi) is 5.99. The number of rotatable bonds is 7. The minimum atomic E-state index is 0.386. The van der Waals surface area contributed by atoms with E-state index in [1.165, 1.54) is 37.7 Å². The summed E-state index contributed by atoms with van der Waals surface area (Å²) in [5.41, 5.74) is 1.25. The first-order chi connectivity index (χ1) is 7.72. The SMILES string of the molecule is CCC(C)CCCCCc1cccc(O)c1. The molecule has 0 fully saturated rings. The van der Waals surface area contributed by atoms with E-state index in [-0.39, 0.29) is 0 Å². The Balaban J connectivity index is 2.12. The van der Waals surface area contributed by atoms with Gasteiger partial charge in [-0.3, -0.25) is 0 Å². The van der Waals surface area contributed by atoms with Crippen molar-refractivity contribution in [1.82, 2.24) is 0 Å². The molecule has 0 bridgehead atoms. The van der Waals surface area contributed by atoms with Crippen LogP contribution in [0.2, 0.25) is 0 Å². The first-order valence-electron chi connectivity index (χ1n) is 6.50. The monoisotopic (exact) mass is 220 g/mol. The van der Waals surface area contributed by atoms with Gasteiger partial charge in [-0.05, 0) is 36.5 Å². The maximum absolute atomic E-state index is 9.32. The summed E-state index contributed by atoms with van der Waals surface area (Å²) in [5, 5.41) is 9.32. The molecule has 1 atom stereocenters. The van der Waals surface area contributed by atoms with E-state index in [1.807, 2.05) is 12.1 Å². The summed E-state index contributed by atoms with van der Waals surface area (Å²) in [6.07, 6.45) is 7.63. The fraction of sp³-hybridized carbons (Fsp3) is 0.600. The van der Waals surface area contributed by atoms with Gasteiger partial charge in [0.25, 0.3) is 0 Å². The molecule has 0 amide bonds. The number of phenols is 1. The lowest BCUT2D eigenvalue weighted by molar-refractivity contribution is 0.472. The molecule has 0 saturated heterocycles. The van der Waals surface area contributed by atoms with E-state index in [2.05, 4.69) is 19.9 Å². The zero-order valence-corrected chi connectivity index (χ0v) is 10.6. The number of hydrogen-bond acceptors (Lipinski definition) is 1. The second-order valence-corrected chi connectivity index (χ2v) is 4.78. The number of benzene rings is 1. The van der Waals surface area contributed by atoms with Gasteiger partial charge < -0.3 is 5.11 Å². The third-order valence-electron chi connectivity index (χ3n) is 3.27. The minimum Gasteiger partial charge on any atom is -0.508 e. The molecule has 0 aliphatic heterocycles. The molecule has 0 spiro atoms. The highest BCUT2D eigenvalue weighted by atomic mass is 16.3. The summed E-state index contributed by atoms with van der Waals surface area (Å²) >= 11 is 0. The van der Waals surface area contributed by atoms with Crippen LogP contribution in [0.5, 0.6) is 5.75 Å². The van der Waals surface area contributed by atoms with Crippen LogP contribution in [0, 0.1) is 5.92 Å². The normalized spacial score (nSPS) is 12.6. The summed E-state index contributed by atoms with van der Waals surface area (Å²) < 4.78 is 0. The molecule has 1 unspecified atom stereocenters. The molecule has 0 aromatic heterocycles. The van der Waals surface area contributed by atoms with Crippen LogP contribution in [-0.2, 0) is 6.42 Å². The highest BCUT2D eigenvalue weighted by Gasteiger charge is 1.99. The van der Waals surface area contributed by atoms with Crippen LogP contribution in [0.4, 0.5) is 0 Å². The number of aryl methyl sites for hydroxylation is 1. The molecule has 1 rings (SSSR count). The van der Waals surface area contributed by atoms with Crippen LogP contribution in [0.15, 0.2) is 24.3 Å². The van der Waals surface area contributed by atoms with Crippen LogP contribution in [0.25, 0.3) is 0 Å². The van der Waals surface area contributed by atoms with Crippen molar-refractivity contribution < 1.29 is 5.11 Å². The lowest BCUT2D eigenvalue weighted by atomic mass is 9.99. The maximum atomic E-state index is 9.32. The van der Waals surface area contributed by atoms with Crippen molar-refractivity contribution in [3.63, 3.8) is 0 Å². The predicted molar refractivity (Wildman–Crippen MR) is 69.7 cm³/mol. The molecule has 1 N–H and O–H groups in total. The Hall–Kier alpha value is -0.980. The number of phenolic OH excluding ortho intramolecular Hbond substituents is 1. The molecule has 0 radical (unpaired) electrons. The fourth-order valence-electron chi connectivity index (χ4n) is 1.91. The van der Waals surface area contributed by atoms with Crippen LogP contribution in [-0.4, -0.2) is 5.11 Å². The summed E-state index contributed by atoms with van der Waals surface area (Å²) in [6.45, 7) is 4.59. The largest absolute Gasteiger partial charge is 0.508 e. The first kappa shape index (κ1) is 13.1. The Morgan fingerprint density at radius 1 is 1.19 bits per heavy atom. The predicted octanol–water partition coefficient (Wildman–Crippen LogP) is 4.54. The van der Waals surface area contributed by atoms with E-state index in [0.29, 0.717) is 5.75 Å². The van der Waals surface area contributed by atoms with Gasteiger partial charge >= 0.3 is 0 Å². The lowest BCUT2D eigenvalue weighted by Crippen LogP contribution is -1.92. The topological polar surface area (TPSA) is 20.2 Å². The fourth-order valence-corrected chi connectivity index (χ4v) is 1.91. The molecule has 1 aromatic carbocycles. The molecule has 1 heteroatoms. The molecule has 16 heavy (non-hydrogen) atoms. The van der Waals surface area contributed by atoms with Crippen molar-refractivity contribution in [2.24, 2.45) is 5.92 Å². The molecule has 1 nitrogen and oxygen atoms in total. The number of hydrogen-bond donors (Lipinski definition) is 1. The summed E-state index contributed by atoms with van der Waals surface area (Å²) in [7, 11) is 0. The van der Waals surface area contributed by atoms with E-state index < -0.39 is 0 Å². The molecule has 0 aliphatic rings. The van der Waals surface area contributed by atoms with Gasteiger partial charge in [0.05, 0.1) is 0 Å². The third kappa shape index (κ3) is 5.20. The number of aromatic hydroxyl groups is 1. The second kappa shape index (κ2) is 7.32. The van der Waals surface area contributed by atoms with E-state index >= 15 is 0 Å². The van der Waals surface area contributed by atoms with Crippen LogP contribution in [0.3, 0.4) is 0 Å². The van der Waals surface area contributed by atoms with E-state index in [1.54, 1.807) is 6.07 Å². The molecule has 1 aromatic rings. The van der Waals surface area contributed by atoms with Crippen molar-refractivity contribution in [2.45, 2.75) is 52.4 Å². The van der Waals surface area contributed by atoms with Crippen LogP contribution >= 0.6 is 0 Å². The zero-order valence-electron chi connectivity index (χ0n) is 10.6. The van der Waals surface area contributed by atoms with E-state index in [0.717, 1.165) is 12.3 Å². The summed E-state index contributed by atoms with van der Waals surface area (Å²) in [5.74, 6) is 1.26. The minimum absolute atomic E-state index is 0.386. The average molecular weight is 220 g/mol. The smallest absolute Gasteiger partial charge is 0.115 e. The van der Waals surface area contributed by atoms with Crippen LogP contribution < -0.4 is 0 Å². The van der Waals surface area contributed by atoms with Crippen LogP contribution in [0.1, 0.15) is 51.5 Å². The highest BCUT2D eigenvalue weighted by Crippen LogP contribution is 2.16.